The molecule has 1 aliphatic carbocycles. The molecule has 2 aromatic rings. The van der Waals surface area contributed by atoms with Gasteiger partial charge < -0.3 is 20.2 Å². The fourth-order valence-electron chi connectivity index (χ4n) is 3.61. The van der Waals surface area contributed by atoms with Gasteiger partial charge in [-0.1, -0.05) is 0 Å². The van der Waals surface area contributed by atoms with Gasteiger partial charge in [0.15, 0.2) is 11.4 Å². The van der Waals surface area contributed by atoms with E-state index in [0.717, 1.165) is 34.6 Å². The second kappa shape index (κ2) is 7.07. The number of rotatable bonds is 4. The molecule has 0 saturated heterocycles. The molecule has 0 aromatic carbocycles. The van der Waals surface area contributed by atoms with Gasteiger partial charge in [0.2, 0.25) is 5.91 Å². The number of nitriles is 1. The Kier molecular flexibility index (Phi) is 4.66. The van der Waals surface area contributed by atoms with Crippen molar-refractivity contribution in [2.45, 2.75) is 38.7 Å². The zero-order valence-corrected chi connectivity index (χ0v) is 17.0. The van der Waals surface area contributed by atoms with Crippen molar-refractivity contribution in [1.82, 2.24) is 4.98 Å². The third-order valence-corrected chi connectivity index (χ3v) is 6.19. The monoisotopic (exact) mass is 427 g/mol. The van der Waals surface area contributed by atoms with E-state index >= 15 is 0 Å². The third-order valence-electron chi connectivity index (χ3n) is 4.98. The first-order chi connectivity index (χ1) is 14.2. The predicted molar refractivity (Wildman–Crippen MR) is 108 cm³/mol. The highest BCUT2D eigenvalue weighted by Crippen LogP contribution is 2.39. The number of aromatic nitrogens is 1. The summed E-state index contributed by atoms with van der Waals surface area (Å²) in [7, 11) is 0. The Morgan fingerprint density at radius 2 is 2.23 bits per heavy atom. The van der Waals surface area contributed by atoms with Crippen molar-refractivity contribution in [2.24, 2.45) is 0 Å². The Morgan fingerprint density at radius 1 is 1.47 bits per heavy atom. The van der Waals surface area contributed by atoms with Crippen LogP contribution >= 0.6 is 11.3 Å². The highest BCUT2D eigenvalue weighted by atomic mass is 32.1. The summed E-state index contributed by atoms with van der Waals surface area (Å²) in [6, 6.07) is 4.68. The minimum absolute atomic E-state index is 0.0853. The average Bonchev–Trinajstić information content (AvgIpc) is 3.25. The van der Waals surface area contributed by atoms with Gasteiger partial charge in [0.25, 0.3) is 11.7 Å². The number of nitrogens with zero attached hydrogens (tertiary/aromatic N) is 4. The Labute approximate surface area is 175 Å². The highest BCUT2D eigenvalue weighted by Gasteiger charge is 2.45. The number of pyridine rings is 1. The number of nitro groups is 1. The van der Waals surface area contributed by atoms with Crippen molar-refractivity contribution in [2.75, 3.05) is 16.8 Å². The summed E-state index contributed by atoms with van der Waals surface area (Å²) >= 11 is 1.37. The molecule has 2 aliphatic rings. The van der Waals surface area contributed by atoms with Crippen LogP contribution in [-0.4, -0.2) is 33.9 Å². The first kappa shape index (κ1) is 19.8. The molecule has 0 fully saturated rings. The predicted octanol–water partition coefficient (Wildman–Crippen LogP) is 2.55. The van der Waals surface area contributed by atoms with Crippen molar-refractivity contribution in [3.63, 3.8) is 0 Å². The largest absolute Gasteiger partial charge is 0.472 e. The van der Waals surface area contributed by atoms with Crippen LogP contribution < -0.4 is 15.0 Å². The van der Waals surface area contributed by atoms with Crippen LogP contribution in [0.1, 0.15) is 36.3 Å². The number of nitrogens with one attached hydrogen (secondary N) is 1. The molecule has 2 aromatic heterocycles. The molecule has 0 bridgehead atoms. The molecule has 0 radical (unpaired) electrons. The molecule has 10 nitrogen and oxygen atoms in total. The molecule has 1 N–H and O–H groups in total. The molecular weight excluding hydrogens is 410 g/mol. The molecule has 0 unspecified atom stereocenters. The Balaban J connectivity index is 1.63. The number of amides is 2. The normalized spacial score (nSPS) is 16.3. The van der Waals surface area contributed by atoms with Crippen LogP contribution in [0.3, 0.4) is 0 Å². The third kappa shape index (κ3) is 3.25. The fourth-order valence-corrected chi connectivity index (χ4v) is 4.86. The van der Waals surface area contributed by atoms with E-state index in [4.69, 9.17) is 4.74 Å². The summed E-state index contributed by atoms with van der Waals surface area (Å²) < 4.78 is 5.63. The Hall–Kier alpha value is -3.52. The van der Waals surface area contributed by atoms with Crippen LogP contribution in [0.4, 0.5) is 16.6 Å². The lowest BCUT2D eigenvalue weighted by Crippen LogP contribution is -2.54. The lowest BCUT2D eigenvalue weighted by atomic mass is 10.1. The van der Waals surface area contributed by atoms with Crippen LogP contribution in [0, 0.1) is 21.4 Å². The van der Waals surface area contributed by atoms with Crippen LogP contribution in [0.2, 0.25) is 0 Å². The first-order valence-electron chi connectivity index (χ1n) is 9.22. The van der Waals surface area contributed by atoms with Gasteiger partial charge in [-0.05, 0) is 54.6 Å². The lowest BCUT2D eigenvalue weighted by Gasteiger charge is -2.35. The minimum atomic E-state index is -1.27. The zero-order chi connectivity index (χ0) is 21.6. The number of hydrogen-bond acceptors (Lipinski definition) is 8. The van der Waals surface area contributed by atoms with Crippen molar-refractivity contribution >= 4 is 39.8 Å². The van der Waals surface area contributed by atoms with Crippen molar-refractivity contribution in [3.8, 4) is 11.8 Å². The Bertz CT molecular complexity index is 1130. The van der Waals surface area contributed by atoms with Gasteiger partial charge in [0, 0.05) is 10.9 Å². The zero-order valence-electron chi connectivity index (χ0n) is 16.2. The topological polar surface area (TPSA) is 138 Å². The molecular formula is C19H17N5O5S. The number of thiophene rings is 1. The molecule has 30 heavy (non-hydrogen) atoms. The molecule has 4 rings (SSSR count). The van der Waals surface area contributed by atoms with Gasteiger partial charge in [-0.25, -0.2) is 0 Å². The number of carbonyl (C=O) groups is 2. The number of carbonyl (C=O) groups excluding carboxylic acids is 2. The first-order valence-corrected chi connectivity index (χ1v) is 10.0. The van der Waals surface area contributed by atoms with Gasteiger partial charge in [0.05, 0.1) is 5.56 Å². The van der Waals surface area contributed by atoms with Gasteiger partial charge in [-0.2, -0.15) is 5.26 Å². The summed E-state index contributed by atoms with van der Waals surface area (Å²) in [5.74, 6) is -1.45. The van der Waals surface area contributed by atoms with E-state index in [1.54, 1.807) is 13.8 Å². The summed E-state index contributed by atoms with van der Waals surface area (Å²) in [5, 5.41) is 23.7. The van der Waals surface area contributed by atoms with E-state index < -0.39 is 34.7 Å². The van der Waals surface area contributed by atoms with Gasteiger partial charge in [-0.15, -0.1) is 11.3 Å². The number of hydrogen-bond donors (Lipinski definition) is 1. The van der Waals surface area contributed by atoms with Crippen molar-refractivity contribution in [1.29, 1.82) is 5.26 Å². The van der Waals surface area contributed by atoms with E-state index in [0.29, 0.717) is 10.6 Å². The van der Waals surface area contributed by atoms with Crippen LogP contribution in [0.15, 0.2) is 12.1 Å². The van der Waals surface area contributed by atoms with Crippen LogP contribution in [-0.2, 0) is 22.4 Å². The molecule has 0 saturated carbocycles. The Morgan fingerprint density at radius 3 is 2.93 bits per heavy atom. The fraction of sp³-hybridized carbons (Fsp3) is 0.368. The average molecular weight is 427 g/mol. The molecule has 11 heteroatoms. The maximum atomic E-state index is 12.9. The maximum absolute atomic E-state index is 12.9. The van der Waals surface area contributed by atoms with E-state index in [2.05, 4.69) is 16.4 Å². The molecule has 0 spiro atoms. The molecule has 154 valence electrons. The molecule has 2 amide bonds. The van der Waals surface area contributed by atoms with Gasteiger partial charge >= 0.3 is 5.82 Å². The van der Waals surface area contributed by atoms with Crippen molar-refractivity contribution in [3.05, 3.63) is 38.3 Å². The SMILES string of the molecule is CC1(C)Oc2ccc([N+](=O)[O-])nc2N(CC(=O)Nc2sc3c(c2C#N)CCC3)C1=O. The molecule has 0 atom stereocenters. The van der Waals surface area contributed by atoms with Gasteiger partial charge in [-0.3, -0.25) is 14.5 Å². The summed E-state index contributed by atoms with van der Waals surface area (Å²) in [5.41, 5.74) is 0.167. The smallest absolute Gasteiger partial charge is 0.366 e. The van der Waals surface area contributed by atoms with E-state index in [1.807, 2.05) is 0 Å². The van der Waals surface area contributed by atoms with E-state index in [1.165, 1.54) is 23.5 Å². The van der Waals surface area contributed by atoms with E-state index in [-0.39, 0.29) is 11.6 Å². The minimum Gasteiger partial charge on any atom is -0.472 e. The summed E-state index contributed by atoms with van der Waals surface area (Å²) in [6.45, 7) is 2.67. The molecule has 1 aliphatic heterocycles. The van der Waals surface area contributed by atoms with Crippen LogP contribution in [0.5, 0.6) is 5.75 Å². The maximum Gasteiger partial charge on any atom is 0.366 e. The van der Waals surface area contributed by atoms with Crippen LogP contribution in [0.25, 0.3) is 0 Å². The molecule has 3 heterocycles. The number of anilines is 2. The highest BCUT2D eigenvalue weighted by molar-refractivity contribution is 7.16. The second-order valence-electron chi connectivity index (χ2n) is 7.47. The second-order valence-corrected chi connectivity index (χ2v) is 8.58. The van der Waals surface area contributed by atoms with Crippen molar-refractivity contribution < 1.29 is 19.2 Å². The summed E-state index contributed by atoms with van der Waals surface area (Å²) in [6.07, 6.45) is 2.67. The number of ether oxygens (including phenoxy) is 1. The standard InChI is InChI=1S/C19H17N5O5S/c1-19(2)18(26)23(16-12(29-19)6-7-14(21-16)24(27)28)9-15(25)22-17-11(8-20)10-4-3-5-13(10)30-17/h6-7H,3-5,9H2,1-2H3,(H,22,25). The number of aryl methyl sites for hydroxylation is 1. The van der Waals surface area contributed by atoms with Gasteiger partial charge in [0.1, 0.15) is 17.6 Å². The number of fused-ring (bicyclic) bond motifs is 2. The van der Waals surface area contributed by atoms with E-state index in [9.17, 15) is 25.0 Å². The summed E-state index contributed by atoms with van der Waals surface area (Å²) in [4.78, 5) is 42.1. The quantitative estimate of drug-likeness (QED) is 0.584. The lowest BCUT2D eigenvalue weighted by molar-refractivity contribution is -0.389.